The maximum absolute atomic E-state index is 5.67. The zero-order valence-corrected chi connectivity index (χ0v) is 6.45. The summed E-state index contributed by atoms with van der Waals surface area (Å²) in [5.74, 6) is 0. The van der Waals surface area contributed by atoms with Crippen LogP contribution >= 0.6 is 23.2 Å². The first-order valence-corrected chi connectivity index (χ1v) is 3.13. The maximum atomic E-state index is 5.67. The topological polar surface area (TPSA) is 3.24 Å². The Hall–Kier alpha value is 0.280. The van der Waals surface area contributed by atoms with Crippen LogP contribution in [0.2, 0.25) is 0 Å². The summed E-state index contributed by atoms with van der Waals surface area (Å²) in [5.41, 5.74) is 1.32. The average Bonchev–Trinajstić information content (AvgIpc) is 1.67. The van der Waals surface area contributed by atoms with Crippen LogP contribution in [0.5, 0.6) is 0 Å². The fourth-order valence-electron chi connectivity index (χ4n) is 0.232. The van der Waals surface area contributed by atoms with Crippen molar-refractivity contribution in [1.82, 2.24) is 4.90 Å². The third kappa shape index (κ3) is 3.30. The second kappa shape index (κ2) is 4.19. The Bertz CT molecular complexity index is 80.5. The summed E-state index contributed by atoms with van der Waals surface area (Å²) in [6.07, 6.45) is 1.70. The first-order valence-electron chi connectivity index (χ1n) is 2.26. The minimum atomic E-state index is -0.0903. The van der Waals surface area contributed by atoms with Crippen molar-refractivity contribution in [3.63, 3.8) is 0 Å². The summed E-state index contributed by atoms with van der Waals surface area (Å²) in [5, 5.41) is 0. The second-order valence-electron chi connectivity index (χ2n) is 1.65. The summed E-state index contributed by atoms with van der Waals surface area (Å²) < 4.78 is 0. The zero-order valence-electron chi connectivity index (χ0n) is 4.94. The number of likely N-dealkylation sites (N-methyl/N-ethyl adjacent to an activating group) is 1. The van der Waals surface area contributed by atoms with Gasteiger partial charge in [-0.25, -0.2) is 0 Å². The molecule has 0 N–H and O–H groups in total. The Morgan fingerprint density at radius 3 is 2.12 bits per heavy atom. The Balaban J connectivity index is 3.47. The fourth-order valence-corrected chi connectivity index (χ4v) is 0.517. The first kappa shape index (κ1) is 8.28. The van der Waals surface area contributed by atoms with E-state index in [9.17, 15) is 0 Å². The molecule has 0 spiro atoms. The van der Waals surface area contributed by atoms with Crippen molar-refractivity contribution in [1.29, 1.82) is 0 Å². The number of rotatable bonds is 2. The van der Waals surface area contributed by atoms with Gasteiger partial charge in [0.15, 0.2) is 0 Å². The lowest BCUT2D eigenvalue weighted by Gasteiger charge is -2.11. The highest BCUT2D eigenvalue weighted by molar-refractivity contribution is 6.27. The highest BCUT2D eigenvalue weighted by atomic mass is 35.5. The van der Waals surface area contributed by atoms with E-state index < -0.39 is 0 Å². The van der Waals surface area contributed by atoms with Gasteiger partial charge in [-0.05, 0) is 20.2 Å². The van der Waals surface area contributed by atoms with Gasteiger partial charge in [-0.2, -0.15) is 0 Å². The Morgan fingerprint density at radius 2 is 2.00 bits per heavy atom. The average molecular weight is 154 g/mol. The molecule has 0 rings (SSSR count). The number of hydrogen-bond acceptors (Lipinski definition) is 1. The maximum Gasteiger partial charge on any atom is 0.104 e. The van der Waals surface area contributed by atoms with E-state index in [2.05, 4.69) is 0 Å². The van der Waals surface area contributed by atoms with E-state index >= 15 is 0 Å². The van der Waals surface area contributed by atoms with Crippen molar-refractivity contribution in [2.45, 2.75) is 5.50 Å². The molecule has 0 aromatic carbocycles. The summed E-state index contributed by atoms with van der Waals surface area (Å²) in [7, 11) is 3.77. The number of alkyl halides is 1. The van der Waals surface area contributed by atoms with Crippen LogP contribution in [0, 0.1) is 0 Å². The first-order chi connectivity index (χ1) is 3.68. The Kier molecular flexibility index (Phi) is 4.33. The summed E-state index contributed by atoms with van der Waals surface area (Å²) >= 11 is 10.9. The molecule has 0 aliphatic carbocycles. The minimum absolute atomic E-state index is 0.0903. The SMILES string of the molecule is CN(C)C(Cl)C=CCl. The van der Waals surface area contributed by atoms with E-state index in [0.717, 1.165) is 0 Å². The van der Waals surface area contributed by atoms with Crippen LogP contribution in [0.3, 0.4) is 0 Å². The molecule has 0 fully saturated rings. The number of hydrogen-bond donors (Lipinski definition) is 0. The van der Waals surface area contributed by atoms with Crippen molar-refractivity contribution >= 4 is 23.2 Å². The van der Waals surface area contributed by atoms with Crippen LogP contribution in [-0.4, -0.2) is 24.5 Å². The molecule has 0 radical (unpaired) electrons. The van der Waals surface area contributed by atoms with E-state index in [4.69, 9.17) is 23.2 Å². The molecule has 0 bridgehead atoms. The van der Waals surface area contributed by atoms with Gasteiger partial charge in [0, 0.05) is 5.54 Å². The molecule has 0 amide bonds. The van der Waals surface area contributed by atoms with Crippen molar-refractivity contribution in [3.05, 3.63) is 11.6 Å². The predicted molar refractivity (Wildman–Crippen MR) is 38.3 cm³/mol. The standard InChI is InChI=1S/C5H9Cl2N/c1-8(2)5(7)3-4-6/h3-5H,1-2H3. The monoisotopic (exact) mass is 153 g/mol. The molecular formula is C5H9Cl2N. The molecule has 0 aromatic rings. The number of halogens is 2. The quantitative estimate of drug-likeness (QED) is 0.433. The lowest BCUT2D eigenvalue weighted by molar-refractivity contribution is 0.422. The van der Waals surface area contributed by atoms with Crippen LogP contribution in [0.25, 0.3) is 0 Å². The van der Waals surface area contributed by atoms with Gasteiger partial charge in [0.05, 0.1) is 0 Å². The lowest BCUT2D eigenvalue weighted by Crippen LogP contribution is -2.19. The highest BCUT2D eigenvalue weighted by Gasteiger charge is 1.98. The van der Waals surface area contributed by atoms with E-state index in [-0.39, 0.29) is 5.50 Å². The molecule has 3 heteroatoms. The fraction of sp³-hybridized carbons (Fsp3) is 0.600. The van der Waals surface area contributed by atoms with Gasteiger partial charge in [-0.15, -0.1) is 11.6 Å². The van der Waals surface area contributed by atoms with E-state index in [1.165, 1.54) is 5.54 Å². The van der Waals surface area contributed by atoms with Crippen LogP contribution in [-0.2, 0) is 0 Å². The molecule has 8 heavy (non-hydrogen) atoms. The smallest absolute Gasteiger partial charge is 0.104 e. The minimum Gasteiger partial charge on any atom is -0.290 e. The zero-order chi connectivity index (χ0) is 6.57. The van der Waals surface area contributed by atoms with Crippen LogP contribution in [0.1, 0.15) is 0 Å². The molecule has 1 nitrogen and oxygen atoms in total. The van der Waals surface area contributed by atoms with Gasteiger partial charge in [0.2, 0.25) is 0 Å². The molecule has 48 valence electrons. The van der Waals surface area contributed by atoms with Crippen molar-refractivity contribution in [3.8, 4) is 0 Å². The molecule has 0 saturated heterocycles. The third-order valence-corrected chi connectivity index (χ3v) is 1.41. The second-order valence-corrected chi connectivity index (χ2v) is 2.35. The van der Waals surface area contributed by atoms with Gasteiger partial charge in [-0.3, -0.25) is 4.90 Å². The third-order valence-electron chi connectivity index (χ3n) is 0.725. The van der Waals surface area contributed by atoms with Crippen molar-refractivity contribution in [2.75, 3.05) is 14.1 Å². The van der Waals surface area contributed by atoms with Gasteiger partial charge in [-0.1, -0.05) is 11.6 Å². The molecule has 0 aliphatic heterocycles. The molecule has 0 aliphatic rings. The van der Waals surface area contributed by atoms with E-state index in [0.29, 0.717) is 0 Å². The molecule has 1 unspecified atom stereocenters. The van der Waals surface area contributed by atoms with E-state index in [1.807, 2.05) is 19.0 Å². The predicted octanol–water partition coefficient (Wildman–Crippen LogP) is 1.87. The van der Waals surface area contributed by atoms with E-state index in [1.54, 1.807) is 6.08 Å². The molecule has 0 heterocycles. The van der Waals surface area contributed by atoms with Crippen molar-refractivity contribution in [2.24, 2.45) is 0 Å². The van der Waals surface area contributed by atoms with Gasteiger partial charge in [0.25, 0.3) is 0 Å². The summed E-state index contributed by atoms with van der Waals surface area (Å²) in [6.45, 7) is 0. The van der Waals surface area contributed by atoms with Crippen molar-refractivity contribution < 1.29 is 0 Å². The molecular weight excluding hydrogens is 145 g/mol. The Labute approximate surface area is 59.9 Å². The summed E-state index contributed by atoms with van der Waals surface area (Å²) in [4.78, 5) is 1.85. The van der Waals surface area contributed by atoms with Crippen LogP contribution in [0.4, 0.5) is 0 Å². The van der Waals surface area contributed by atoms with Crippen LogP contribution < -0.4 is 0 Å². The molecule has 0 saturated carbocycles. The Morgan fingerprint density at radius 1 is 1.50 bits per heavy atom. The molecule has 0 aromatic heterocycles. The van der Waals surface area contributed by atoms with Gasteiger partial charge in [0.1, 0.15) is 5.50 Å². The summed E-state index contributed by atoms with van der Waals surface area (Å²) in [6, 6.07) is 0. The van der Waals surface area contributed by atoms with Crippen LogP contribution in [0.15, 0.2) is 11.6 Å². The highest BCUT2D eigenvalue weighted by Crippen LogP contribution is 2.00. The van der Waals surface area contributed by atoms with Gasteiger partial charge >= 0.3 is 0 Å². The lowest BCUT2D eigenvalue weighted by atomic mass is 10.6. The largest absolute Gasteiger partial charge is 0.290 e. The van der Waals surface area contributed by atoms with Gasteiger partial charge < -0.3 is 0 Å². The number of nitrogens with zero attached hydrogens (tertiary/aromatic N) is 1. The molecule has 1 atom stereocenters. The normalized spacial score (nSPS) is 15.6.